The first-order valence-electron chi connectivity index (χ1n) is 7.49. The number of phenolic OH excluding ortho intramolecular Hbond substituents is 1. The number of aromatic amines is 1. The summed E-state index contributed by atoms with van der Waals surface area (Å²) in [5, 5.41) is 21.1. The highest BCUT2D eigenvalue weighted by atomic mass is 35.5. The maximum absolute atomic E-state index is 13.0. The zero-order valence-corrected chi connectivity index (χ0v) is 15.2. The molecule has 0 bridgehead atoms. The topological polar surface area (TPSA) is 75.4 Å². The molecule has 3 aromatic rings. The molecule has 0 aliphatic rings. The van der Waals surface area contributed by atoms with E-state index in [1.54, 1.807) is 24.3 Å². The summed E-state index contributed by atoms with van der Waals surface area (Å²) in [6.45, 7) is 0. The minimum absolute atomic E-state index is 0.136. The number of H-pyrrole nitrogens is 1. The molecule has 0 unspecified atom stereocenters. The number of benzene rings is 2. The summed E-state index contributed by atoms with van der Waals surface area (Å²) in [4.78, 5) is 0. The van der Waals surface area contributed by atoms with Gasteiger partial charge in [-0.15, -0.1) is 0 Å². The van der Waals surface area contributed by atoms with Crippen LogP contribution in [0.2, 0.25) is 5.02 Å². The predicted molar refractivity (Wildman–Crippen MR) is 99.3 cm³/mol. The van der Waals surface area contributed by atoms with Crippen LogP contribution in [0.1, 0.15) is 17.0 Å². The van der Waals surface area contributed by atoms with E-state index in [0.717, 1.165) is 5.56 Å². The second-order valence-corrected chi connectivity index (χ2v) is 6.15. The molecule has 9 heteroatoms. The van der Waals surface area contributed by atoms with Crippen LogP contribution < -0.4 is 4.74 Å². The smallest absolute Gasteiger partial charge is 0.216 e. The number of hydrogen-bond donors (Lipinski definition) is 2. The van der Waals surface area contributed by atoms with Crippen LogP contribution in [0.5, 0.6) is 11.5 Å². The van der Waals surface area contributed by atoms with Gasteiger partial charge in [-0.2, -0.15) is 14.9 Å². The average molecular weight is 393 g/mol. The van der Waals surface area contributed by atoms with E-state index >= 15 is 0 Å². The number of hydrogen-bond acceptors (Lipinski definition) is 5. The Morgan fingerprint density at radius 1 is 1.38 bits per heavy atom. The van der Waals surface area contributed by atoms with Gasteiger partial charge in [0.1, 0.15) is 5.82 Å². The highest BCUT2D eigenvalue weighted by Gasteiger charge is 2.09. The molecule has 2 aromatic carbocycles. The highest BCUT2D eigenvalue weighted by molar-refractivity contribution is 7.71. The number of ether oxygens (including phenoxy) is 1. The van der Waals surface area contributed by atoms with Crippen molar-refractivity contribution < 1.29 is 14.2 Å². The van der Waals surface area contributed by atoms with Gasteiger partial charge in [-0.3, -0.25) is 5.10 Å². The first kappa shape index (κ1) is 18.1. The summed E-state index contributed by atoms with van der Waals surface area (Å²) in [7, 11) is 1.43. The molecule has 0 radical (unpaired) electrons. The van der Waals surface area contributed by atoms with Crippen LogP contribution in [0.3, 0.4) is 0 Å². The molecule has 1 heterocycles. The van der Waals surface area contributed by atoms with Crippen LogP contribution in [0, 0.1) is 10.6 Å². The Balaban J connectivity index is 1.90. The molecule has 0 aliphatic heterocycles. The van der Waals surface area contributed by atoms with E-state index < -0.39 is 0 Å². The Morgan fingerprint density at radius 3 is 2.81 bits per heavy atom. The number of aromatic nitrogens is 3. The molecule has 0 spiro atoms. The molecular weight excluding hydrogens is 379 g/mol. The summed E-state index contributed by atoms with van der Waals surface area (Å²) in [6.07, 6.45) is 1.94. The highest BCUT2D eigenvalue weighted by Crippen LogP contribution is 2.34. The van der Waals surface area contributed by atoms with Crippen molar-refractivity contribution >= 4 is 30.0 Å². The maximum atomic E-state index is 13.0. The second-order valence-electron chi connectivity index (χ2n) is 5.36. The quantitative estimate of drug-likeness (QED) is 0.509. The van der Waals surface area contributed by atoms with E-state index in [1.807, 2.05) is 0 Å². The first-order chi connectivity index (χ1) is 12.5. The van der Waals surface area contributed by atoms with Gasteiger partial charge in [0, 0.05) is 6.42 Å². The number of nitrogens with one attached hydrogen (secondary N) is 1. The number of methoxy groups -OCH3 is 1. The molecule has 0 atom stereocenters. The normalized spacial score (nSPS) is 11.2. The second kappa shape index (κ2) is 7.67. The maximum Gasteiger partial charge on any atom is 0.216 e. The number of halogens is 2. The average Bonchev–Trinajstić information content (AvgIpc) is 2.97. The third-order valence-electron chi connectivity index (χ3n) is 3.59. The Labute approximate surface area is 158 Å². The van der Waals surface area contributed by atoms with Gasteiger partial charge >= 0.3 is 0 Å². The lowest BCUT2D eigenvalue weighted by Gasteiger charge is -2.06. The van der Waals surface area contributed by atoms with Crippen molar-refractivity contribution in [1.29, 1.82) is 0 Å². The molecule has 0 saturated heterocycles. The SMILES string of the molecule is COc1cc(/C=N\n2c(Cc3ccc(F)cc3)n[nH]c2=S)cc(Cl)c1O. The third-order valence-corrected chi connectivity index (χ3v) is 4.14. The van der Waals surface area contributed by atoms with Gasteiger partial charge in [-0.25, -0.2) is 4.39 Å². The summed E-state index contributed by atoms with van der Waals surface area (Å²) >= 11 is 11.2. The van der Waals surface area contributed by atoms with Crippen molar-refractivity contribution in [2.75, 3.05) is 7.11 Å². The van der Waals surface area contributed by atoms with E-state index in [2.05, 4.69) is 15.3 Å². The van der Waals surface area contributed by atoms with E-state index in [9.17, 15) is 9.50 Å². The molecule has 134 valence electrons. The predicted octanol–water partition coefficient (Wildman–Crippen LogP) is 3.92. The summed E-state index contributed by atoms with van der Waals surface area (Å²) in [5.41, 5.74) is 1.48. The van der Waals surface area contributed by atoms with Crippen molar-refractivity contribution in [2.45, 2.75) is 6.42 Å². The van der Waals surface area contributed by atoms with Gasteiger partial charge in [0.2, 0.25) is 4.77 Å². The summed E-state index contributed by atoms with van der Waals surface area (Å²) in [5.74, 6) is 0.364. The number of rotatable bonds is 5. The molecule has 6 nitrogen and oxygen atoms in total. The van der Waals surface area contributed by atoms with Crippen molar-refractivity contribution in [1.82, 2.24) is 14.9 Å². The Bertz CT molecular complexity index is 1010. The minimum Gasteiger partial charge on any atom is -0.503 e. The van der Waals surface area contributed by atoms with Crippen molar-refractivity contribution in [2.24, 2.45) is 5.10 Å². The lowest BCUT2D eigenvalue weighted by molar-refractivity contribution is 0.373. The summed E-state index contributed by atoms with van der Waals surface area (Å²) < 4.78 is 19.9. The van der Waals surface area contributed by atoms with Gasteiger partial charge in [-0.1, -0.05) is 23.7 Å². The fourth-order valence-electron chi connectivity index (χ4n) is 2.29. The Morgan fingerprint density at radius 2 is 2.12 bits per heavy atom. The molecule has 0 amide bonds. The fourth-order valence-corrected chi connectivity index (χ4v) is 2.71. The van der Waals surface area contributed by atoms with Crippen LogP contribution in [-0.4, -0.2) is 33.3 Å². The van der Waals surface area contributed by atoms with Crippen LogP contribution in [-0.2, 0) is 6.42 Å². The van der Waals surface area contributed by atoms with E-state index in [4.69, 9.17) is 28.6 Å². The van der Waals surface area contributed by atoms with Crippen LogP contribution >= 0.6 is 23.8 Å². The van der Waals surface area contributed by atoms with Gasteiger partial charge in [0.25, 0.3) is 0 Å². The largest absolute Gasteiger partial charge is 0.503 e. The van der Waals surface area contributed by atoms with Crippen molar-refractivity contribution in [3.05, 3.63) is 69.0 Å². The molecule has 2 N–H and O–H groups in total. The molecule has 1 aromatic heterocycles. The summed E-state index contributed by atoms with van der Waals surface area (Å²) in [6, 6.07) is 9.25. The lowest BCUT2D eigenvalue weighted by Crippen LogP contribution is -2.00. The Kier molecular flexibility index (Phi) is 5.34. The van der Waals surface area contributed by atoms with E-state index in [0.29, 0.717) is 22.6 Å². The zero-order chi connectivity index (χ0) is 18.7. The van der Waals surface area contributed by atoms with Crippen molar-refractivity contribution in [3.8, 4) is 11.5 Å². The standard InChI is InChI=1S/C17H14ClFN4O2S/c1-25-14-7-11(6-13(18)16(14)24)9-20-23-15(21-22-17(23)26)8-10-2-4-12(19)5-3-10/h2-7,9,24H,8H2,1H3,(H,22,26)/b20-9-. The minimum atomic E-state index is -0.302. The fraction of sp³-hybridized carbons (Fsp3) is 0.118. The monoisotopic (exact) mass is 392 g/mol. The van der Waals surface area contributed by atoms with E-state index in [-0.39, 0.29) is 22.3 Å². The first-order valence-corrected chi connectivity index (χ1v) is 8.28. The van der Waals surface area contributed by atoms with Gasteiger partial charge in [0.15, 0.2) is 17.3 Å². The number of aromatic hydroxyl groups is 1. The zero-order valence-electron chi connectivity index (χ0n) is 13.6. The Hall–Kier alpha value is -2.71. The van der Waals surface area contributed by atoms with E-state index in [1.165, 1.54) is 30.1 Å². The molecule has 0 saturated carbocycles. The molecule has 0 fully saturated rings. The van der Waals surface area contributed by atoms with Crippen molar-refractivity contribution in [3.63, 3.8) is 0 Å². The van der Waals surface area contributed by atoms with Crippen LogP contribution in [0.25, 0.3) is 0 Å². The molecule has 26 heavy (non-hydrogen) atoms. The third kappa shape index (κ3) is 3.92. The molecule has 0 aliphatic carbocycles. The van der Waals surface area contributed by atoms with Crippen LogP contribution in [0.15, 0.2) is 41.5 Å². The number of phenols is 1. The van der Waals surface area contributed by atoms with Crippen LogP contribution in [0.4, 0.5) is 4.39 Å². The van der Waals surface area contributed by atoms with Gasteiger partial charge < -0.3 is 9.84 Å². The molecular formula is C17H14ClFN4O2S. The molecule has 3 rings (SSSR count). The van der Waals surface area contributed by atoms with Gasteiger partial charge in [-0.05, 0) is 47.6 Å². The lowest BCUT2D eigenvalue weighted by atomic mass is 10.1. The number of nitrogens with zero attached hydrogens (tertiary/aromatic N) is 3. The van der Waals surface area contributed by atoms with Gasteiger partial charge in [0.05, 0.1) is 18.3 Å².